The van der Waals surface area contributed by atoms with Gasteiger partial charge in [-0.25, -0.2) is 4.79 Å². The van der Waals surface area contributed by atoms with E-state index in [1.807, 2.05) is 11.4 Å². The number of thiophene rings is 1. The number of rotatable bonds is 8. The van der Waals surface area contributed by atoms with Crippen molar-refractivity contribution in [2.24, 2.45) is 0 Å². The van der Waals surface area contributed by atoms with Gasteiger partial charge in [0.25, 0.3) is 0 Å². The lowest BCUT2D eigenvalue weighted by Gasteiger charge is -2.33. The molecule has 0 bridgehead atoms. The van der Waals surface area contributed by atoms with E-state index in [-0.39, 0.29) is 6.61 Å². The normalized spacial score (nSPS) is 13.0. The van der Waals surface area contributed by atoms with E-state index in [2.05, 4.69) is 5.32 Å². The first-order valence-electron chi connectivity index (χ1n) is 6.86. The maximum Gasteiger partial charge on any atom is 0.328 e. The molecule has 0 saturated carbocycles. The van der Waals surface area contributed by atoms with E-state index in [4.69, 9.17) is 9.84 Å². The van der Waals surface area contributed by atoms with Gasteiger partial charge in [-0.2, -0.15) is 0 Å². The summed E-state index contributed by atoms with van der Waals surface area (Å²) in [5, 5.41) is 13.5. The van der Waals surface area contributed by atoms with Crippen LogP contribution in [0.4, 0.5) is 5.00 Å². The van der Waals surface area contributed by atoms with Gasteiger partial charge < -0.3 is 20.1 Å². The molecule has 0 aromatic carbocycles. The third-order valence-corrected chi connectivity index (χ3v) is 3.90. The summed E-state index contributed by atoms with van der Waals surface area (Å²) in [7, 11) is 0. The molecule has 1 rings (SSSR count). The minimum absolute atomic E-state index is 0.251. The summed E-state index contributed by atoms with van der Waals surface area (Å²) in [4.78, 5) is 36.3. The molecule has 0 saturated heterocycles. The van der Waals surface area contributed by atoms with Gasteiger partial charge in [0.15, 0.2) is 0 Å². The predicted octanol–water partition coefficient (Wildman–Crippen LogP) is 1.10. The summed E-state index contributed by atoms with van der Waals surface area (Å²) in [5.41, 5.74) is 0. The first-order valence-corrected chi connectivity index (χ1v) is 7.74. The topological polar surface area (TPSA) is 95.9 Å². The van der Waals surface area contributed by atoms with Gasteiger partial charge in [0.1, 0.15) is 18.6 Å². The fourth-order valence-corrected chi connectivity index (χ4v) is 2.84. The molecule has 0 aliphatic rings. The van der Waals surface area contributed by atoms with Crippen molar-refractivity contribution in [2.75, 3.05) is 18.1 Å². The van der Waals surface area contributed by atoms with E-state index < -0.39 is 36.5 Å². The van der Waals surface area contributed by atoms with Gasteiger partial charge in [0, 0.05) is 0 Å². The highest BCUT2D eigenvalue weighted by atomic mass is 32.1. The summed E-state index contributed by atoms with van der Waals surface area (Å²) in [6.07, 6.45) is 0. The van der Waals surface area contributed by atoms with E-state index in [1.54, 1.807) is 31.7 Å². The van der Waals surface area contributed by atoms with E-state index in [0.29, 0.717) is 0 Å². The van der Waals surface area contributed by atoms with Gasteiger partial charge in [-0.15, -0.1) is 11.3 Å². The fourth-order valence-electron chi connectivity index (χ4n) is 1.95. The van der Waals surface area contributed by atoms with Crippen LogP contribution in [0.2, 0.25) is 0 Å². The van der Waals surface area contributed by atoms with Crippen molar-refractivity contribution in [2.45, 2.75) is 32.9 Å². The molecule has 2 N–H and O–H groups in total. The van der Waals surface area contributed by atoms with Crippen LogP contribution in [0.5, 0.6) is 0 Å². The number of carbonyl (C=O) groups is 3. The number of ether oxygens (including phenoxy) is 1. The van der Waals surface area contributed by atoms with Crippen molar-refractivity contribution in [1.82, 2.24) is 5.32 Å². The second-order valence-corrected chi connectivity index (χ2v) is 5.50. The third-order valence-electron chi connectivity index (χ3n) is 3.02. The highest BCUT2D eigenvalue weighted by molar-refractivity contribution is 7.14. The number of hydrogen-bond acceptors (Lipinski definition) is 6. The number of carboxylic acids is 1. The molecule has 0 spiro atoms. The molecule has 0 aliphatic carbocycles. The number of nitrogens with one attached hydrogen (secondary N) is 1. The molecule has 1 aromatic rings. The Bertz CT molecular complexity index is 517. The Hall–Kier alpha value is -2.09. The first-order chi connectivity index (χ1) is 10.4. The van der Waals surface area contributed by atoms with Crippen LogP contribution in [0.3, 0.4) is 0 Å². The van der Waals surface area contributed by atoms with Gasteiger partial charge in [-0.1, -0.05) is 0 Å². The first kappa shape index (κ1) is 18.0. The Balaban J connectivity index is 2.93. The summed E-state index contributed by atoms with van der Waals surface area (Å²) < 4.78 is 5.01. The zero-order valence-electron chi connectivity index (χ0n) is 12.7. The third kappa shape index (κ3) is 4.73. The number of hydrogen-bond donors (Lipinski definition) is 2. The summed E-state index contributed by atoms with van der Waals surface area (Å²) >= 11 is 1.39. The molecule has 0 radical (unpaired) electrons. The van der Waals surface area contributed by atoms with Crippen molar-refractivity contribution >= 4 is 34.2 Å². The van der Waals surface area contributed by atoms with E-state index in [1.165, 1.54) is 11.3 Å². The molecular formula is C14H20N2O5S. The molecule has 0 aliphatic heterocycles. The molecule has 0 fully saturated rings. The van der Waals surface area contributed by atoms with Gasteiger partial charge in [-0.05, 0) is 38.3 Å². The van der Waals surface area contributed by atoms with Crippen LogP contribution in [0, 0.1) is 0 Å². The minimum Gasteiger partial charge on any atom is -0.480 e. The summed E-state index contributed by atoms with van der Waals surface area (Å²) in [5.74, 6) is -2.03. The Morgan fingerprint density at radius 1 is 1.36 bits per heavy atom. The molecule has 2 atom stereocenters. The average Bonchev–Trinajstić information content (AvgIpc) is 2.98. The molecule has 122 valence electrons. The van der Waals surface area contributed by atoms with Crippen LogP contribution in [0.25, 0.3) is 0 Å². The van der Waals surface area contributed by atoms with Crippen molar-refractivity contribution in [3.8, 4) is 0 Å². The van der Waals surface area contributed by atoms with Gasteiger partial charge >= 0.3 is 11.9 Å². The minimum atomic E-state index is -1.12. The van der Waals surface area contributed by atoms with Crippen molar-refractivity contribution in [1.29, 1.82) is 0 Å². The largest absolute Gasteiger partial charge is 0.480 e. The molecular weight excluding hydrogens is 308 g/mol. The quantitative estimate of drug-likeness (QED) is 0.694. The number of amides is 1. The number of aliphatic carboxylic acids is 1. The Kier molecular flexibility index (Phi) is 6.84. The molecule has 8 heteroatoms. The van der Waals surface area contributed by atoms with Crippen LogP contribution in [-0.2, 0) is 19.1 Å². The van der Waals surface area contributed by atoms with Crippen LogP contribution in [0.1, 0.15) is 20.8 Å². The lowest BCUT2D eigenvalue weighted by Crippen LogP contribution is -2.52. The fraction of sp³-hybridized carbons (Fsp3) is 0.500. The van der Waals surface area contributed by atoms with E-state index in [0.717, 1.165) is 5.00 Å². The number of nitrogens with zero attached hydrogens (tertiary/aromatic N) is 1. The molecule has 1 heterocycles. The standard InChI is InChI=1S/C14H20N2O5S/c1-4-21-14(20)10(3)16(11-6-5-7-22-11)9(2)13(19)15-8-12(17)18/h5-7,9-10H,4,8H2,1-3H3,(H,15,19)(H,17,18)/t9-,10-/m0/s1. The summed E-state index contributed by atoms with van der Waals surface area (Å²) in [6.45, 7) is 4.77. The molecule has 1 aromatic heterocycles. The lowest BCUT2D eigenvalue weighted by molar-refractivity contribution is -0.144. The van der Waals surface area contributed by atoms with Gasteiger partial charge in [-0.3, -0.25) is 9.59 Å². The lowest BCUT2D eigenvalue weighted by atomic mass is 10.2. The highest BCUT2D eigenvalue weighted by Gasteiger charge is 2.31. The maximum absolute atomic E-state index is 12.1. The van der Waals surface area contributed by atoms with Crippen LogP contribution in [-0.4, -0.2) is 48.2 Å². The van der Waals surface area contributed by atoms with Crippen LogP contribution < -0.4 is 10.2 Å². The van der Waals surface area contributed by atoms with Crippen LogP contribution >= 0.6 is 11.3 Å². The molecule has 1 amide bonds. The Labute approximate surface area is 132 Å². The monoisotopic (exact) mass is 328 g/mol. The van der Waals surface area contributed by atoms with Gasteiger partial charge in [0.2, 0.25) is 5.91 Å². The Morgan fingerprint density at radius 3 is 2.55 bits per heavy atom. The van der Waals surface area contributed by atoms with E-state index in [9.17, 15) is 14.4 Å². The predicted molar refractivity (Wildman–Crippen MR) is 83.0 cm³/mol. The van der Waals surface area contributed by atoms with Crippen molar-refractivity contribution in [3.63, 3.8) is 0 Å². The number of carbonyl (C=O) groups excluding carboxylic acids is 2. The van der Waals surface area contributed by atoms with Crippen LogP contribution in [0.15, 0.2) is 17.5 Å². The number of esters is 1. The average molecular weight is 328 g/mol. The van der Waals surface area contributed by atoms with Gasteiger partial charge in [0.05, 0.1) is 11.6 Å². The maximum atomic E-state index is 12.1. The Morgan fingerprint density at radius 2 is 2.05 bits per heavy atom. The molecule has 0 unspecified atom stereocenters. The number of anilines is 1. The zero-order valence-corrected chi connectivity index (χ0v) is 13.6. The van der Waals surface area contributed by atoms with Crippen molar-refractivity contribution in [3.05, 3.63) is 17.5 Å². The summed E-state index contributed by atoms with van der Waals surface area (Å²) in [6, 6.07) is 2.23. The smallest absolute Gasteiger partial charge is 0.328 e. The SMILES string of the molecule is CCOC(=O)[C@H](C)N(c1cccs1)[C@@H](C)C(=O)NCC(=O)O. The highest BCUT2D eigenvalue weighted by Crippen LogP contribution is 2.26. The molecule has 7 nitrogen and oxygen atoms in total. The van der Waals surface area contributed by atoms with Crippen molar-refractivity contribution < 1.29 is 24.2 Å². The zero-order chi connectivity index (χ0) is 16.7. The molecule has 22 heavy (non-hydrogen) atoms. The second kappa shape index (κ2) is 8.38. The van der Waals surface area contributed by atoms with E-state index >= 15 is 0 Å². The number of carboxylic acid groups (broad SMARTS) is 1. The second-order valence-electron chi connectivity index (χ2n) is 4.57.